The highest BCUT2D eigenvalue weighted by molar-refractivity contribution is 7.88. The van der Waals surface area contributed by atoms with E-state index >= 15 is 0 Å². The predicted octanol–water partition coefficient (Wildman–Crippen LogP) is 2.13. The van der Waals surface area contributed by atoms with Crippen molar-refractivity contribution in [3.05, 3.63) is 65.2 Å². The Morgan fingerprint density at radius 3 is 2.75 bits per heavy atom. The number of sulfonamides is 1. The fraction of sp³-hybridized carbons (Fsp3) is 0.200. The number of nitrogens with zero attached hydrogens (tertiary/aromatic N) is 3. The zero-order chi connectivity index (χ0) is 17.0. The molecule has 3 rings (SSSR count). The second-order valence-corrected chi connectivity index (χ2v) is 7.75. The summed E-state index contributed by atoms with van der Waals surface area (Å²) >= 11 is 1.45. The number of nitrogens with one attached hydrogen (secondary N) is 1. The monoisotopic (exact) mass is 366 g/mol. The summed E-state index contributed by atoms with van der Waals surface area (Å²) in [7, 11) is -3.47. The highest BCUT2D eigenvalue weighted by Gasteiger charge is 2.12. The van der Waals surface area contributed by atoms with E-state index in [0.29, 0.717) is 12.0 Å². The molecule has 2 aromatic heterocycles. The first kappa shape index (κ1) is 16.7. The number of benzene rings is 1. The number of thiazole rings is 1. The van der Waals surface area contributed by atoms with Crippen molar-refractivity contribution in [3.8, 4) is 5.13 Å². The average molecular weight is 366 g/mol. The molecule has 24 heavy (non-hydrogen) atoms. The van der Waals surface area contributed by atoms with Crippen LogP contribution in [0.15, 0.2) is 48.1 Å². The van der Waals surface area contributed by atoms with Crippen LogP contribution in [0, 0.1) is 5.82 Å². The van der Waals surface area contributed by atoms with E-state index in [2.05, 4.69) is 14.8 Å². The summed E-state index contributed by atoms with van der Waals surface area (Å²) in [6.07, 6.45) is 3.96. The van der Waals surface area contributed by atoms with Crippen LogP contribution in [-0.4, -0.2) is 29.7 Å². The highest BCUT2D eigenvalue weighted by atomic mass is 32.2. The molecule has 0 saturated heterocycles. The second kappa shape index (κ2) is 7.20. The minimum absolute atomic E-state index is 0.178. The van der Waals surface area contributed by atoms with E-state index in [0.717, 1.165) is 10.8 Å². The maximum Gasteiger partial charge on any atom is 0.215 e. The van der Waals surface area contributed by atoms with Crippen molar-refractivity contribution in [3.63, 3.8) is 0 Å². The van der Waals surface area contributed by atoms with Gasteiger partial charge in [-0.15, -0.1) is 11.3 Å². The molecule has 0 saturated carbocycles. The van der Waals surface area contributed by atoms with Crippen LogP contribution >= 0.6 is 11.3 Å². The number of rotatable bonds is 7. The molecule has 0 unspecified atom stereocenters. The van der Waals surface area contributed by atoms with E-state index in [1.165, 1.54) is 35.6 Å². The Balaban J connectivity index is 1.53. The van der Waals surface area contributed by atoms with Crippen molar-refractivity contribution in [1.29, 1.82) is 0 Å². The Morgan fingerprint density at radius 2 is 2.04 bits per heavy atom. The molecule has 0 radical (unpaired) electrons. The lowest BCUT2D eigenvalue weighted by Crippen LogP contribution is -2.27. The van der Waals surface area contributed by atoms with Gasteiger partial charge in [0.25, 0.3) is 0 Å². The lowest BCUT2D eigenvalue weighted by atomic mass is 10.2. The van der Waals surface area contributed by atoms with E-state index in [-0.39, 0.29) is 18.1 Å². The molecule has 0 aliphatic carbocycles. The zero-order valence-electron chi connectivity index (χ0n) is 12.6. The normalized spacial score (nSPS) is 11.7. The van der Waals surface area contributed by atoms with Gasteiger partial charge in [0.15, 0.2) is 0 Å². The molecule has 6 nitrogen and oxygen atoms in total. The van der Waals surface area contributed by atoms with E-state index in [1.807, 2.05) is 11.4 Å². The van der Waals surface area contributed by atoms with Crippen LogP contribution in [0.5, 0.6) is 0 Å². The van der Waals surface area contributed by atoms with Crippen molar-refractivity contribution in [2.75, 3.05) is 6.54 Å². The van der Waals surface area contributed by atoms with Gasteiger partial charge in [0.1, 0.15) is 5.82 Å². The third-order valence-electron chi connectivity index (χ3n) is 3.21. The molecule has 0 bridgehead atoms. The summed E-state index contributed by atoms with van der Waals surface area (Å²) in [6.45, 7) is 0.256. The van der Waals surface area contributed by atoms with Crippen LogP contribution in [0.1, 0.15) is 11.3 Å². The van der Waals surface area contributed by atoms with Crippen LogP contribution in [0.25, 0.3) is 5.13 Å². The van der Waals surface area contributed by atoms with Gasteiger partial charge in [-0.2, -0.15) is 5.10 Å². The largest absolute Gasteiger partial charge is 0.223 e. The number of halogens is 1. The molecular formula is C15H15FN4O2S2. The quantitative estimate of drug-likeness (QED) is 0.695. The topological polar surface area (TPSA) is 76.9 Å². The van der Waals surface area contributed by atoms with Crippen LogP contribution in [0.4, 0.5) is 4.39 Å². The smallest absolute Gasteiger partial charge is 0.215 e. The van der Waals surface area contributed by atoms with E-state index in [9.17, 15) is 12.8 Å². The minimum Gasteiger partial charge on any atom is -0.223 e. The van der Waals surface area contributed by atoms with E-state index in [1.54, 1.807) is 17.1 Å². The molecule has 0 aliphatic heterocycles. The third kappa shape index (κ3) is 4.47. The summed E-state index contributed by atoms with van der Waals surface area (Å²) in [5.41, 5.74) is 1.34. The van der Waals surface area contributed by atoms with Gasteiger partial charge >= 0.3 is 0 Å². The molecule has 126 valence electrons. The molecule has 0 aliphatic rings. The Kier molecular flexibility index (Phi) is 5.03. The Bertz CT molecular complexity index is 890. The van der Waals surface area contributed by atoms with Crippen molar-refractivity contribution < 1.29 is 12.8 Å². The maximum atomic E-state index is 12.8. The third-order valence-corrected chi connectivity index (χ3v) is 5.45. The molecule has 0 spiro atoms. The number of hydrogen-bond acceptors (Lipinski definition) is 5. The first-order valence-electron chi connectivity index (χ1n) is 7.18. The average Bonchev–Trinajstić information content (AvgIpc) is 3.20. The summed E-state index contributed by atoms with van der Waals surface area (Å²) in [5.74, 6) is -0.566. The number of aromatic nitrogens is 3. The highest BCUT2D eigenvalue weighted by Crippen LogP contribution is 2.14. The lowest BCUT2D eigenvalue weighted by molar-refractivity contribution is 0.580. The second-order valence-electron chi connectivity index (χ2n) is 5.10. The zero-order valence-corrected chi connectivity index (χ0v) is 14.2. The van der Waals surface area contributed by atoms with Crippen LogP contribution < -0.4 is 4.72 Å². The molecule has 0 amide bonds. The van der Waals surface area contributed by atoms with Gasteiger partial charge in [-0.1, -0.05) is 12.1 Å². The van der Waals surface area contributed by atoms with Gasteiger partial charge in [-0.25, -0.2) is 27.2 Å². The Morgan fingerprint density at radius 1 is 1.25 bits per heavy atom. The molecule has 2 heterocycles. The first-order valence-corrected chi connectivity index (χ1v) is 9.71. The molecule has 9 heteroatoms. The molecule has 0 atom stereocenters. The SMILES string of the molecule is O=S(=O)(Cc1ccc(F)cc1)NCCc1csc(-n2cccn2)n1. The van der Waals surface area contributed by atoms with Gasteiger partial charge in [0, 0.05) is 30.7 Å². The maximum absolute atomic E-state index is 12.8. The van der Waals surface area contributed by atoms with Crippen molar-refractivity contribution in [2.45, 2.75) is 12.2 Å². The fourth-order valence-corrected chi connectivity index (χ4v) is 4.03. The van der Waals surface area contributed by atoms with Crippen molar-refractivity contribution in [2.24, 2.45) is 0 Å². The summed E-state index contributed by atoms with van der Waals surface area (Å²) in [5, 5.41) is 6.72. The van der Waals surface area contributed by atoms with Crippen molar-refractivity contribution in [1.82, 2.24) is 19.5 Å². The minimum atomic E-state index is -3.47. The van der Waals surface area contributed by atoms with E-state index < -0.39 is 10.0 Å². The van der Waals surface area contributed by atoms with Gasteiger partial charge in [-0.05, 0) is 23.8 Å². The predicted molar refractivity (Wildman–Crippen MR) is 90.0 cm³/mol. The molecule has 1 N–H and O–H groups in total. The molecule has 3 aromatic rings. The molecule has 0 fully saturated rings. The van der Waals surface area contributed by atoms with Gasteiger partial charge < -0.3 is 0 Å². The van der Waals surface area contributed by atoms with Crippen LogP contribution in [-0.2, 0) is 22.2 Å². The standard InChI is InChI=1S/C15H15FN4O2S2/c16-13-4-2-12(3-5-13)11-24(21,22)18-8-6-14-10-23-15(19-14)20-9-1-7-17-20/h1-5,7,9-10,18H,6,8,11H2. The van der Waals surface area contributed by atoms with Crippen LogP contribution in [0.2, 0.25) is 0 Å². The summed E-state index contributed by atoms with van der Waals surface area (Å²) in [4.78, 5) is 4.41. The molecular weight excluding hydrogens is 351 g/mol. The van der Waals surface area contributed by atoms with Gasteiger partial charge in [0.05, 0.1) is 11.4 Å². The van der Waals surface area contributed by atoms with Gasteiger partial charge in [0.2, 0.25) is 15.2 Å². The lowest BCUT2D eigenvalue weighted by Gasteiger charge is -2.06. The van der Waals surface area contributed by atoms with Gasteiger partial charge in [-0.3, -0.25) is 0 Å². The first-order chi connectivity index (χ1) is 11.5. The number of hydrogen-bond donors (Lipinski definition) is 1. The summed E-state index contributed by atoms with van der Waals surface area (Å²) < 4.78 is 41.1. The van der Waals surface area contributed by atoms with E-state index in [4.69, 9.17) is 0 Å². The Labute approximate surface area is 143 Å². The summed E-state index contributed by atoms with van der Waals surface area (Å²) in [6, 6.07) is 7.23. The molecule has 1 aromatic carbocycles. The van der Waals surface area contributed by atoms with Crippen molar-refractivity contribution >= 4 is 21.4 Å². The Hall–Kier alpha value is -2.10. The van der Waals surface area contributed by atoms with Crippen LogP contribution in [0.3, 0.4) is 0 Å². The fourth-order valence-electron chi connectivity index (χ4n) is 2.08.